The molecule has 0 bridgehead atoms. The Balaban J connectivity index is 2.02. The molecular formula is C15H16ClNO2. The van der Waals surface area contributed by atoms with Crippen molar-refractivity contribution < 1.29 is 9.47 Å². The molecule has 0 spiro atoms. The summed E-state index contributed by atoms with van der Waals surface area (Å²) in [4.78, 5) is 0. The monoisotopic (exact) mass is 277 g/mol. The molecule has 3 rings (SSSR count). The van der Waals surface area contributed by atoms with Crippen LogP contribution in [0.1, 0.15) is 11.6 Å². The molecular weight excluding hydrogens is 262 g/mol. The lowest BCUT2D eigenvalue weighted by molar-refractivity contribution is -0.0974. The SMILES string of the molecule is NC(c1ccc(Cl)c2ccccc12)C1COCCO1. The largest absolute Gasteiger partial charge is 0.376 e. The summed E-state index contributed by atoms with van der Waals surface area (Å²) in [5, 5.41) is 2.85. The molecule has 2 unspecified atom stereocenters. The van der Waals surface area contributed by atoms with Crippen molar-refractivity contribution in [1.29, 1.82) is 0 Å². The summed E-state index contributed by atoms with van der Waals surface area (Å²) in [7, 11) is 0. The summed E-state index contributed by atoms with van der Waals surface area (Å²) >= 11 is 6.22. The molecule has 0 aliphatic carbocycles. The van der Waals surface area contributed by atoms with Crippen LogP contribution in [0.4, 0.5) is 0 Å². The van der Waals surface area contributed by atoms with Crippen molar-refractivity contribution >= 4 is 22.4 Å². The van der Waals surface area contributed by atoms with Gasteiger partial charge in [-0.1, -0.05) is 41.9 Å². The van der Waals surface area contributed by atoms with E-state index in [4.69, 9.17) is 26.8 Å². The van der Waals surface area contributed by atoms with Gasteiger partial charge in [0.1, 0.15) is 6.10 Å². The van der Waals surface area contributed by atoms with Gasteiger partial charge in [-0.05, 0) is 17.0 Å². The average Bonchev–Trinajstić information content (AvgIpc) is 2.48. The van der Waals surface area contributed by atoms with Crippen molar-refractivity contribution in [3.05, 3.63) is 47.0 Å². The van der Waals surface area contributed by atoms with Crippen LogP contribution in [0.15, 0.2) is 36.4 Å². The Hall–Kier alpha value is -1.13. The van der Waals surface area contributed by atoms with Crippen molar-refractivity contribution in [2.45, 2.75) is 12.1 Å². The van der Waals surface area contributed by atoms with Crippen LogP contribution in [-0.2, 0) is 9.47 Å². The van der Waals surface area contributed by atoms with Gasteiger partial charge >= 0.3 is 0 Å². The van der Waals surface area contributed by atoms with Crippen molar-refractivity contribution in [3.8, 4) is 0 Å². The maximum atomic E-state index is 6.34. The fraction of sp³-hybridized carbons (Fsp3) is 0.333. The van der Waals surface area contributed by atoms with E-state index in [1.165, 1.54) is 0 Å². The highest BCUT2D eigenvalue weighted by Gasteiger charge is 2.24. The second kappa shape index (κ2) is 5.47. The minimum Gasteiger partial charge on any atom is -0.376 e. The van der Waals surface area contributed by atoms with E-state index >= 15 is 0 Å². The van der Waals surface area contributed by atoms with Crippen LogP contribution in [0.25, 0.3) is 10.8 Å². The Labute approximate surface area is 117 Å². The summed E-state index contributed by atoms with van der Waals surface area (Å²) in [6.45, 7) is 1.78. The lowest BCUT2D eigenvalue weighted by Crippen LogP contribution is -2.37. The van der Waals surface area contributed by atoms with E-state index in [1.54, 1.807) is 0 Å². The van der Waals surface area contributed by atoms with Crippen LogP contribution in [0.3, 0.4) is 0 Å². The van der Waals surface area contributed by atoms with Gasteiger partial charge in [-0.3, -0.25) is 0 Å². The smallest absolute Gasteiger partial charge is 0.100 e. The zero-order chi connectivity index (χ0) is 13.2. The maximum absolute atomic E-state index is 6.34. The third kappa shape index (κ3) is 2.47. The first-order valence-electron chi connectivity index (χ1n) is 6.39. The van der Waals surface area contributed by atoms with Gasteiger partial charge in [-0.25, -0.2) is 0 Å². The first-order chi connectivity index (χ1) is 9.27. The molecule has 1 saturated heterocycles. The second-order valence-electron chi connectivity index (χ2n) is 4.69. The third-order valence-electron chi connectivity index (χ3n) is 3.51. The summed E-state index contributed by atoms with van der Waals surface area (Å²) in [6.07, 6.45) is -0.0988. The maximum Gasteiger partial charge on any atom is 0.100 e. The fourth-order valence-electron chi connectivity index (χ4n) is 2.49. The van der Waals surface area contributed by atoms with Gasteiger partial charge < -0.3 is 15.2 Å². The average molecular weight is 278 g/mol. The van der Waals surface area contributed by atoms with Crippen molar-refractivity contribution in [3.63, 3.8) is 0 Å². The van der Waals surface area contributed by atoms with Crippen molar-refractivity contribution in [1.82, 2.24) is 0 Å². The molecule has 1 heterocycles. The highest BCUT2D eigenvalue weighted by atomic mass is 35.5. The number of benzene rings is 2. The second-order valence-corrected chi connectivity index (χ2v) is 5.10. The summed E-state index contributed by atoms with van der Waals surface area (Å²) in [5.41, 5.74) is 7.39. The minimum atomic E-state index is -0.206. The molecule has 0 saturated carbocycles. The first kappa shape index (κ1) is 12.9. The predicted octanol–water partition coefficient (Wildman–Crippen LogP) is 2.91. The molecule has 19 heavy (non-hydrogen) atoms. The molecule has 2 N–H and O–H groups in total. The Morgan fingerprint density at radius 1 is 1.11 bits per heavy atom. The molecule has 1 aliphatic rings. The highest BCUT2D eigenvalue weighted by Crippen LogP contribution is 2.31. The molecule has 100 valence electrons. The van der Waals surface area contributed by atoms with Gasteiger partial charge in [0, 0.05) is 10.4 Å². The van der Waals surface area contributed by atoms with Gasteiger partial charge in [-0.15, -0.1) is 0 Å². The van der Waals surface area contributed by atoms with E-state index in [-0.39, 0.29) is 12.1 Å². The van der Waals surface area contributed by atoms with Crippen LogP contribution in [0, 0.1) is 0 Å². The highest BCUT2D eigenvalue weighted by molar-refractivity contribution is 6.35. The lowest BCUT2D eigenvalue weighted by Gasteiger charge is -2.29. The van der Waals surface area contributed by atoms with Gasteiger partial charge in [0.15, 0.2) is 0 Å². The zero-order valence-corrected chi connectivity index (χ0v) is 11.3. The number of halogens is 1. The third-order valence-corrected chi connectivity index (χ3v) is 3.84. The van der Waals surface area contributed by atoms with Gasteiger partial charge in [0.2, 0.25) is 0 Å². The molecule has 1 fully saturated rings. The van der Waals surface area contributed by atoms with E-state index in [0.29, 0.717) is 19.8 Å². The molecule has 0 aromatic heterocycles. The Kier molecular flexibility index (Phi) is 3.71. The van der Waals surface area contributed by atoms with Gasteiger partial charge in [0.05, 0.1) is 25.9 Å². The van der Waals surface area contributed by atoms with E-state index in [9.17, 15) is 0 Å². The predicted molar refractivity (Wildman–Crippen MR) is 76.4 cm³/mol. The van der Waals surface area contributed by atoms with Gasteiger partial charge in [0.25, 0.3) is 0 Å². The van der Waals surface area contributed by atoms with Gasteiger partial charge in [-0.2, -0.15) is 0 Å². The Morgan fingerprint density at radius 2 is 1.89 bits per heavy atom. The Bertz CT molecular complexity index is 581. The van der Waals surface area contributed by atoms with Crippen molar-refractivity contribution in [2.75, 3.05) is 19.8 Å². The molecule has 2 atom stereocenters. The summed E-state index contributed by atoms with van der Waals surface area (Å²) in [6, 6.07) is 11.7. The van der Waals surface area contributed by atoms with Crippen LogP contribution >= 0.6 is 11.6 Å². The number of fused-ring (bicyclic) bond motifs is 1. The quantitative estimate of drug-likeness (QED) is 0.918. The summed E-state index contributed by atoms with van der Waals surface area (Å²) < 4.78 is 11.1. The fourth-order valence-corrected chi connectivity index (χ4v) is 2.72. The topological polar surface area (TPSA) is 44.5 Å². The van der Waals surface area contributed by atoms with Crippen LogP contribution in [0.5, 0.6) is 0 Å². The van der Waals surface area contributed by atoms with Crippen molar-refractivity contribution in [2.24, 2.45) is 5.73 Å². The summed E-state index contributed by atoms with van der Waals surface area (Å²) in [5.74, 6) is 0. The number of nitrogens with two attached hydrogens (primary N) is 1. The molecule has 0 amide bonds. The molecule has 2 aromatic rings. The molecule has 3 nitrogen and oxygen atoms in total. The van der Waals surface area contributed by atoms with E-state index in [1.807, 2.05) is 36.4 Å². The first-order valence-corrected chi connectivity index (χ1v) is 6.77. The standard InChI is InChI=1S/C15H16ClNO2/c16-13-6-5-12(10-3-1-2-4-11(10)13)15(17)14-9-18-7-8-19-14/h1-6,14-15H,7-9,17H2. The van der Waals surface area contributed by atoms with Crippen LogP contribution in [-0.4, -0.2) is 25.9 Å². The molecule has 0 radical (unpaired) electrons. The molecule has 4 heteroatoms. The van der Waals surface area contributed by atoms with E-state index < -0.39 is 0 Å². The Morgan fingerprint density at radius 3 is 2.63 bits per heavy atom. The molecule has 1 aliphatic heterocycles. The molecule has 2 aromatic carbocycles. The van der Waals surface area contributed by atoms with Crippen LogP contribution < -0.4 is 5.73 Å². The normalized spacial score (nSPS) is 21.5. The number of hydrogen-bond donors (Lipinski definition) is 1. The zero-order valence-electron chi connectivity index (χ0n) is 10.5. The lowest BCUT2D eigenvalue weighted by atomic mass is 9.96. The van der Waals surface area contributed by atoms with E-state index in [2.05, 4.69) is 0 Å². The van der Waals surface area contributed by atoms with E-state index in [0.717, 1.165) is 21.4 Å². The number of rotatable bonds is 2. The minimum absolute atomic E-state index is 0.0988. The number of hydrogen-bond acceptors (Lipinski definition) is 3. The number of ether oxygens (including phenoxy) is 2. The van der Waals surface area contributed by atoms with Crippen LogP contribution in [0.2, 0.25) is 5.02 Å².